The molecule has 7 heteroatoms. The van der Waals surface area contributed by atoms with Gasteiger partial charge in [0.2, 0.25) is 5.89 Å². The van der Waals surface area contributed by atoms with Gasteiger partial charge < -0.3 is 24.5 Å². The Labute approximate surface area is 183 Å². The van der Waals surface area contributed by atoms with Crippen LogP contribution in [-0.2, 0) is 17.8 Å². The van der Waals surface area contributed by atoms with Crippen molar-refractivity contribution in [3.63, 3.8) is 0 Å². The van der Waals surface area contributed by atoms with Crippen LogP contribution in [0.25, 0.3) is 11.5 Å². The molecule has 3 aromatic rings. The maximum atomic E-state index is 5.96. The number of aryl methyl sites for hydroxylation is 1. The molecule has 0 fully saturated rings. The fraction of sp³-hybridized carbons (Fsp3) is 0.333. The van der Waals surface area contributed by atoms with Gasteiger partial charge in [0.05, 0.1) is 18.8 Å². The first kappa shape index (κ1) is 22.4. The summed E-state index contributed by atoms with van der Waals surface area (Å²) in [5.74, 6) is 2.16. The second-order valence-corrected chi connectivity index (χ2v) is 7.10. The fourth-order valence-corrected chi connectivity index (χ4v) is 3.00. The van der Waals surface area contributed by atoms with Crippen molar-refractivity contribution < 1.29 is 13.9 Å². The van der Waals surface area contributed by atoms with Crippen molar-refractivity contribution in [2.45, 2.75) is 26.4 Å². The third-order valence-electron chi connectivity index (χ3n) is 4.65. The van der Waals surface area contributed by atoms with Gasteiger partial charge >= 0.3 is 0 Å². The number of nitrogens with one attached hydrogen (secondary N) is 2. The first-order valence-corrected chi connectivity index (χ1v) is 10.3. The van der Waals surface area contributed by atoms with Gasteiger partial charge in [0.1, 0.15) is 12.0 Å². The topological polar surface area (TPSA) is 80.9 Å². The molecule has 0 bridgehead atoms. The fourth-order valence-electron chi connectivity index (χ4n) is 3.00. The standard InChI is InChI=1S/C24H30N4O3/c1-18-10-11-20(22(14-18)30-13-7-12-29-3)15-26-24(25-2)27-16-21-17-31-23(28-21)19-8-5-4-6-9-19/h4-6,8-11,14,17H,7,12-13,15-16H2,1-3H3,(H2,25,26,27). The molecule has 7 nitrogen and oxygen atoms in total. The molecule has 0 atom stereocenters. The minimum atomic E-state index is 0.504. The molecule has 164 valence electrons. The summed E-state index contributed by atoms with van der Waals surface area (Å²) in [6.07, 6.45) is 2.51. The molecule has 31 heavy (non-hydrogen) atoms. The zero-order valence-electron chi connectivity index (χ0n) is 18.4. The lowest BCUT2D eigenvalue weighted by atomic mass is 10.1. The molecule has 0 aliphatic carbocycles. The van der Waals surface area contributed by atoms with Crippen LogP contribution in [-0.4, -0.2) is 38.3 Å². The molecule has 1 heterocycles. The Bertz CT molecular complexity index is 970. The van der Waals surface area contributed by atoms with Crippen molar-refractivity contribution in [2.24, 2.45) is 4.99 Å². The number of oxazole rings is 1. The Morgan fingerprint density at radius 1 is 1.06 bits per heavy atom. The van der Waals surface area contributed by atoms with Crippen LogP contribution in [0.2, 0.25) is 0 Å². The van der Waals surface area contributed by atoms with Crippen molar-refractivity contribution in [3.8, 4) is 17.2 Å². The van der Waals surface area contributed by atoms with E-state index in [9.17, 15) is 0 Å². The molecule has 0 saturated carbocycles. The highest BCUT2D eigenvalue weighted by molar-refractivity contribution is 5.79. The number of hydrogen-bond donors (Lipinski definition) is 2. The first-order chi connectivity index (χ1) is 15.2. The van der Waals surface area contributed by atoms with Gasteiger partial charge in [0.25, 0.3) is 0 Å². The molecule has 0 saturated heterocycles. The van der Waals surface area contributed by atoms with Gasteiger partial charge in [-0.2, -0.15) is 0 Å². The predicted molar refractivity (Wildman–Crippen MR) is 122 cm³/mol. The van der Waals surface area contributed by atoms with E-state index in [1.807, 2.05) is 30.3 Å². The Balaban J connectivity index is 1.53. The summed E-state index contributed by atoms with van der Waals surface area (Å²) in [6.45, 7) is 4.45. The SMILES string of the molecule is CN=C(NCc1coc(-c2ccccc2)n1)NCc1ccc(C)cc1OCCCOC. The summed E-state index contributed by atoms with van der Waals surface area (Å²) in [5.41, 5.74) is 3.99. The average molecular weight is 423 g/mol. The smallest absolute Gasteiger partial charge is 0.226 e. The van der Waals surface area contributed by atoms with Crippen LogP contribution in [0.3, 0.4) is 0 Å². The van der Waals surface area contributed by atoms with Crippen LogP contribution < -0.4 is 15.4 Å². The Morgan fingerprint density at radius 2 is 1.87 bits per heavy atom. The lowest BCUT2D eigenvalue weighted by Gasteiger charge is -2.15. The largest absolute Gasteiger partial charge is 0.493 e. The van der Waals surface area contributed by atoms with Gasteiger partial charge in [-0.1, -0.05) is 30.3 Å². The van der Waals surface area contributed by atoms with E-state index < -0.39 is 0 Å². The molecule has 2 N–H and O–H groups in total. The van der Waals surface area contributed by atoms with Gasteiger partial charge in [0, 0.05) is 44.9 Å². The second-order valence-electron chi connectivity index (χ2n) is 7.10. The maximum absolute atomic E-state index is 5.96. The van der Waals surface area contributed by atoms with Crippen LogP contribution in [0.5, 0.6) is 5.75 Å². The number of rotatable bonds is 10. The van der Waals surface area contributed by atoms with Gasteiger partial charge in [-0.05, 0) is 30.7 Å². The summed E-state index contributed by atoms with van der Waals surface area (Å²) < 4.78 is 16.6. The summed E-state index contributed by atoms with van der Waals surface area (Å²) in [5, 5.41) is 6.60. The van der Waals surface area contributed by atoms with Gasteiger partial charge in [-0.3, -0.25) is 4.99 Å². The molecule has 3 rings (SSSR count). The van der Waals surface area contributed by atoms with Gasteiger partial charge in [-0.25, -0.2) is 4.98 Å². The van der Waals surface area contributed by atoms with Crippen molar-refractivity contribution in [2.75, 3.05) is 27.4 Å². The highest BCUT2D eigenvalue weighted by Gasteiger charge is 2.09. The average Bonchev–Trinajstić information content (AvgIpc) is 3.27. The number of hydrogen-bond acceptors (Lipinski definition) is 5. The molecule has 0 amide bonds. The Morgan fingerprint density at radius 3 is 2.65 bits per heavy atom. The molecular formula is C24H30N4O3. The van der Waals surface area contributed by atoms with Gasteiger partial charge in [0.15, 0.2) is 5.96 Å². The van der Waals surface area contributed by atoms with Crippen LogP contribution in [0.1, 0.15) is 23.2 Å². The van der Waals surface area contributed by atoms with E-state index in [4.69, 9.17) is 13.9 Å². The number of guanidine groups is 1. The normalized spacial score (nSPS) is 11.4. The molecule has 1 aromatic heterocycles. The first-order valence-electron chi connectivity index (χ1n) is 10.3. The molecule has 0 aliphatic heterocycles. The van der Waals surface area contributed by atoms with E-state index in [2.05, 4.69) is 45.7 Å². The highest BCUT2D eigenvalue weighted by atomic mass is 16.5. The number of ether oxygens (including phenoxy) is 2. The predicted octanol–water partition coefficient (Wildman–Crippen LogP) is 3.93. The van der Waals surface area contributed by atoms with E-state index in [0.717, 1.165) is 34.6 Å². The number of aliphatic imine (C=N–C) groups is 1. The summed E-state index contributed by atoms with van der Waals surface area (Å²) in [6, 6.07) is 16.0. The van der Waals surface area contributed by atoms with E-state index >= 15 is 0 Å². The Kier molecular flexibility index (Phi) is 8.48. The number of aromatic nitrogens is 1. The third kappa shape index (κ3) is 6.86. The van der Waals surface area contributed by atoms with Crippen molar-refractivity contribution in [3.05, 3.63) is 71.6 Å². The lowest BCUT2D eigenvalue weighted by Crippen LogP contribution is -2.36. The zero-order valence-corrected chi connectivity index (χ0v) is 18.4. The number of methoxy groups -OCH3 is 1. The minimum Gasteiger partial charge on any atom is -0.493 e. The quantitative estimate of drug-likeness (QED) is 0.293. The van der Waals surface area contributed by atoms with Gasteiger partial charge in [-0.15, -0.1) is 0 Å². The molecular weight excluding hydrogens is 392 g/mol. The minimum absolute atomic E-state index is 0.504. The lowest BCUT2D eigenvalue weighted by molar-refractivity contribution is 0.171. The van der Waals surface area contributed by atoms with Crippen LogP contribution >= 0.6 is 0 Å². The second kappa shape index (κ2) is 11.8. The molecule has 0 spiro atoms. The van der Waals surface area contributed by atoms with Crippen molar-refractivity contribution in [1.29, 1.82) is 0 Å². The summed E-state index contributed by atoms with van der Waals surface area (Å²) in [7, 11) is 3.44. The molecule has 0 radical (unpaired) electrons. The van der Waals surface area contributed by atoms with E-state index in [1.54, 1.807) is 20.4 Å². The number of benzene rings is 2. The highest BCUT2D eigenvalue weighted by Crippen LogP contribution is 2.21. The molecule has 0 unspecified atom stereocenters. The molecule has 0 aliphatic rings. The van der Waals surface area contributed by atoms with Crippen LogP contribution in [0.4, 0.5) is 0 Å². The van der Waals surface area contributed by atoms with Crippen LogP contribution in [0.15, 0.2) is 64.2 Å². The third-order valence-corrected chi connectivity index (χ3v) is 4.65. The van der Waals surface area contributed by atoms with E-state index in [-0.39, 0.29) is 0 Å². The van der Waals surface area contributed by atoms with E-state index in [0.29, 0.717) is 38.2 Å². The summed E-state index contributed by atoms with van der Waals surface area (Å²) in [4.78, 5) is 8.83. The molecule has 2 aromatic carbocycles. The van der Waals surface area contributed by atoms with Crippen molar-refractivity contribution >= 4 is 5.96 Å². The maximum Gasteiger partial charge on any atom is 0.226 e. The van der Waals surface area contributed by atoms with Crippen molar-refractivity contribution in [1.82, 2.24) is 15.6 Å². The Hall–Kier alpha value is -3.32. The zero-order chi connectivity index (χ0) is 21.9. The summed E-state index contributed by atoms with van der Waals surface area (Å²) >= 11 is 0. The van der Waals surface area contributed by atoms with E-state index in [1.165, 1.54) is 0 Å². The monoisotopic (exact) mass is 422 g/mol. The van der Waals surface area contributed by atoms with Crippen LogP contribution in [0, 0.1) is 6.92 Å². The number of nitrogens with zero attached hydrogens (tertiary/aromatic N) is 2.